The molecule has 2 heterocycles. The van der Waals surface area contributed by atoms with Crippen molar-refractivity contribution in [3.8, 4) is 0 Å². The van der Waals surface area contributed by atoms with Gasteiger partial charge in [0.1, 0.15) is 12.4 Å². The van der Waals surface area contributed by atoms with Crippen LogP contribution in [0.4, 0.5) is 24.7 Å². The predicted molar refractivity (Wildman–Crippen MR) is 108 cm³/mol. The van der Waals surface area contributed by atoms with Gasteiger partial charge in [0.15, 0.2) is 0 Å². The molecule has 10 heteroatoms. The number of nitrogens with two attached hydrogens (primary N) is 1. The lowest BCUT2D eigenvalue weighted by molar-refractivity contribution is -0.176. The summed E-state index contributed by atoms with van der Waals surface area (Å²) in [6, 6.07) is 9.59. The van der Waals surface area contributed by atoms with Crippen LogP contribution in [-0.4, -0.2) is 42.7 Å². The fraction of sp³-hybridized carbons (Fsp3) is 0.381. The molecule has 3 N–H and O–H groups in total. The summed E-state index contributed by atoms with van der Waals surface area (Å²) in [6.45, 7) is -0.215. The topological polar surface area (TPSA) is 97.6 Å². The van der Waals surface area contributed by atoms with E-state index in [4.69, 9.17) is 5.73 Å². The van der Waals surface area contributed by atoms with Crippen molar-refractivity contribution in [3.05, 3.63) is 53.7 Å². The van der Waals surface area contributed by atoms with Crippen molar-refractivity contribution in [3.63, 3.8) is 0 Å². The molecule has 1 atom stereocenters. The quantitative estimate of drug-likeness (QED) is 0.695. The van der Waals surface area contributed by atoms with Crippen LogP contribution in [0.5, 0.6) is 0 Å². The van der Waals surface area contributed by atoms with E-state index < -0.39 is 12.8 Å². The molecule has 0 aliphatic carbocycles. The Morgan fingerprint density at radius 1 is 1.19 bits per heavy atom. The minimum Gasteiger partial charge on any atom is -0.369 e. The van der Waals surface area contributed by atoms with Crippen LogP contribution >= 0.6 is 0 Å². The first-order chi connectivity index (χ1) is 14.7. The monoisotopic (exact) mass is 436 g/mol. The number of aromatic nitrogens is 1. The molecule has 2 amide bonds. The lowest BCUT2D eigenvalue weighted by atomic mass is 9.97. The molecule has 166 valence electrons. The van der Waals surface area contributed by atoms with Crippen LogP contribution in [0.3, 0.4) is 0 Å². The number of benzene rings is 1. The van der Waals surface area contributed by atoms with Crippen molar-refractivity contribution in [2.24, 2.45) is 11.7 Å². The van der Waals surface area contributed by atoms with Crippen molar-refractivity contribution >= 4 is 23.3 Å². The van der Waals surface area contributed by atoms with Crippen molar-refractivity contribution in [2.75, 3.05) is 29.9 Å². The van der Waals surface area contributed by atoms with Crippen LogP contribution in [-0.2, 0) is 16.1 Å². The second-order valence-corrected chi connectivity index (χ2v) is 7.35. The van der Waals surface area contributed by atoms with E-state index in [9.17, 15) is 22.8 Å². The molecule has 1 aromatic carbocycles. The van der Waals surface area contributed by atoms with E-state index in [1.807, 2.05) is 4.90 Å². The molecule has 0 bridgehead atoms. The summed E-state index contributed by atoms with van der Waals surface area (Å²) in [6.07, 6.45) is -1.22. The molecular weight excluding hydrogens is 413 g/mol. The van der Waals surface area contributed by atoms with Gasteiger partial charge in [0.05, 0.1) is 24.4 Å². The van der Waals surface area contributed by atoms with E-state index in [1.54, 1.807) is 12.1 Å². The number of nitrogens with zero attached hydrogens (tertiary/aromatic N) is 2. The number of ether oxygens (including phenoxy) is 1. The molecule has 0 spiro atoms. The Kier molecular flexibility index (Phi) is 7.11. The normalized spacial score (nSPS) is 16.7. The molecule has 1 aromatic heterocycles. The first-order valence-electron chi connectivity index (χ1n) is 9.76. The van der Waals surface area contributed by atoms with Crippen LogP contribution in [0.1, 0.15) is 28.8 Å². The van der Waals surface area contributed by atoms with E-state index in [2.05, 4.69) is 15.0 Å². The fourth-order valence-electron chi connectivity index (χ4n) is 3.30. The summed E-state index contributed by atoms with van der Waals surface area (Å²) < 4.78 is 40.9. The van der Waals surface area contributed by atoms with Gasteiger partial charge < -0.3 is 20.7 Å². The lowest BCUT2D eigenvalue weighted by Gasteiger charge is -2.32. The summed E-state index contributed by atoms with van der Waals surface area (Å²) in [7, 11) is 0. The molecule has 0 saturated carbocycles. The van der Waals surface area contributed by atoms with Gasteiger partial charge in [-0.25, -0.2) is 4.98 Å². The Bertz CT molecular complexity index is 902. The minimum atomic E-state index is -4.37. The summed E-state index contributed by atoms with van der Waals surface area (Å²) in [5.74, 6) is -0.181. The zero-order valence-corrected chi connectivity index (χ0v) is 16.7. The summed E-state index contributed by atoms with van der Waals surface area (Å²) in [5, 5.41) is 2.72. The third-order valence-corrected chi connectivity index (χ3v) is 4.90. The van der Waals surface area contributed by atoms with Crippen LogP contribution in [0.2, 0.25) is 0 Å². The van der Waals surface area contributed by atoms with Gasteiger partial charge in [-0.1, -0.05) is 12.1 Å². The van der Waals surface area contributed by atoms with Crippen LogP contribution < -0.4 is 16.0 Å². The van der Waals surface area contributed by atoms with Gasteiger partial charge in [0.2, 0.25) is 5.91 Å². The summed E-state index contributed by atoms with van der Waals surface area (Å²) >= 11 is 0. The number of halogens is 3. The molecule has 1 aliphatic heterocycles. The molecule has 1 fully saturated rings. The zero-order chi connectivity index (χ0) is 22.4. The molecular formula is C21H23F3N4O3. The Hall–Kier alpha value is -3.14. The molecule has 7 nitrogen and oxygen atoms in total. The van der Waals surface area contributed by atoms with E-state index in [0.29, 0.717) is 29.2 Å². The first kappa shape index (κ1) is 22.5. The molecule has 31 heavy (non-hydrogen) atoms. The number of alkyl halides is 3. The molecule has 1 aliphatic rings. The highest BCUT2D eigenvalue weighted by atomic mass is 19.4. The number of piperidine rings is 1. The SMILES string of the molecule is NC(=O)C1CCCN(c2ccc(NC(=O)c3ccc(COCC(F)(F)F)cc3)cn2)C1. The maximum Gasteiger partial charge on any atom is 0.411 e. The molecule has 1 saturated heterocycles. The van der Waals surface area contributed by atoms with Gasteiger partial charge in [-0.05, 0) is 42.7 Å². The number of rotatable bonds is 7. The number of hydrogen-bond donors (Lipinski definition) is 2. The van der Waals surface area contributed by atoms with Gasteiger partial charge in [-0.3, -0.25) is 9.59 Å². The Balaban J connectivity index is 1.54. The maximum atomic E-state index is 12.4. The molecule has 2 aromatic rings. The Morgan fingerprint density at radius 2 is 1.94 bits per heavy atom. The fourth-order valence-corrected chi connectivity index (χ4v) is 3.30. The first-order valence-corrected chi connectivity index (χ1v) is 9.76. The van der Waals surface area contributed by atoms with Crippen molar-refractivity contribution in [1.82, 2.24) is 4.98 Å². The van der Waals surface area contributed by atoms with Gasteiger partial charge in [-0.15, -0.1) is 0 Å². The van der Waals surface area contributed by atoms with E-state index in [-0.39, 0.29) is 24.3 Å². The molecule has 3 rings (SSSR count). The standard InChI is InChI=1S/C21H23F3N4O3/c22-21(23,24)13-31-12-14-3-5-15(6-4-14)20(30)27-17-7-8-18(26-10-17)28-9-1-2-16(11-28)19(25)29/h3-8,10,16H,1-2,9,11-13H2,(H2,25,29)(H,27,30). The van der Waals surface area contributed by atoms with E-state index in [0.717, 1.165) is 19.4 Å². The van der Waals surface area contributed by atoms with Crippen LogP contribution in [0.25, 0.3) is 0 Å². The Morgan fingerprint density at radius 3 is 2.55 bits per heavy atom. The number of carbonyl (C=O) groups excluding carboxylic acids is 2. The largest absolute Gasteiger partial charge is 0.411 e. The van der Waals surface area contributed by atoms with Gasteiger partial charge >= 0.3 is 6.18 Å². The Labute approximate surface area is 177 Å². The average molecular weight is 436 g/mol. The van der Waals surface area contributed by atoms with E-state index in [1.165, 1.54) is 30.5 Å². The predicted octanol–water partition coefficient (Wildman–Crippen LogP) is 3.11. The van der Waals surface area contributed by atoms with Crippen LogP contribution in [0.15, 0.2) is 42.6 Å². The lowest BCUT2D eigenvalue weighted by Crippen LogP contribution is -2.41. The molecule has 1 unspecified atom stereocenters. The van der Waals surface area contributed by atoms with Gasteiger partial charge in [-0.2, -0.15) is 13.2 Å². The van der Waals surface area contributed by atoms with Gasteiger partial charge in [0, 0.05) is 18.7 Å². The van der Waals surface area contributed by atoms with Crippen molar-refractivity contribution in [2.45, 2.75) is 25.6 Å². The van der Waals surface area contributed by atoms with Crippen molar-refractivity contribution in [1.29, 1.82) is 0 Å². The number of pyridine rings is 1. The number of nitrogens with one attached hydrogen (secondary N) is 1. The number of amides is 2. The van der Waals surface area contributed by atoms with Crippen molar-refractivity contribution < 1.29 is 27.5 Å². The summed E-state index contributed by atoms with van der Waals surface area (Å²) in [4.78, 5) is 30.2. The number of carbonyl (C=O) groups is 2. The molecule has 0 radical (unpaired) electrons. The highest BCUT2D eigenvalue weighted by molar-refractivity contribution is 6.04. The van der Waals surface area contributed by atoms with Crippen LogP contribution in [0, 0.1) is 5.92 Å². The maximum absolute atomic E-state index is 12.4. The third-order valence-electron chi connectivity index (χ3n) is 4.90. The second kappa shape index (κ2) is 9.78. The number of anilines is 2. The smallest absolute Gasteiger partial charge is 0.369 e. The zero-order valence-electron chi connectivity index (χ0n) is 16.7. The summed E-state index contributed by atoms with van der Waals surface area (Å²) in [5.41, 5.74) is 6.78. The third kappa shape index (κ3) is 6.68. The van der Waals surface area contributed by atoms with E-state index >= 15 is 0 Å². The highest BCUT2D eigenvalue weighted by Gasteiger charge is 2.27. The number of hydrogen-bond acceptors (Lipinski definition) is 5. The average Bonchev–Trinajstić information content (AvgIpc) is 2.74. The minimum absolute atomic E-state index is 0.195. The number of primary amides is 1. The van der Waals surface area contributed by atoms with Gasteiger partial charge in [0.25, 0.3) is 5.91 Å². The highest BCUT2D eigenvalue weighted by Crippen LogP contribution is 2.22. The second-order valence-electron chi connectivity index (χ2n) is 7.35.